The fourth-order valence-electron chi connectivity index (χ4n) is 2.83. The van der Waals surface area contributed by atoms with Gasteiger partial charge in [-0.05, 0) is 37.6 Å². The number of hydrogen-bond donors (Lipinski definition) is 1. The Hall–Kier alpha value is -3.99. The quantitative estimate of drug-likeness (QED) is 0.433. The van der Waals surface area contributed by atoms with E-state index >= 15 is 0 Å². The van der Waals surface area contributed by atoms with Crippen molar-refractivity contribution in [2.24, 2.45) is 7.05 Å². The highest BCUT2D eigenvalue weighted by atomic mass is 35.5. The average Bonchev–Trinajstić information content (AvgIpc) is 2.99. The van der Waals surface area contributed by atoms with Crippen LogP contribution in [0.5, 0.6) is 11.5 Å². The number of nitrogens with zero attached hydrogens (tertiary/aromatic N) is 4. The summed E-state index contributed by atoms with van der Waals surface area (Å²) in [6.45, 7) is 3.21. The molecule has 0 bridgehead atoms. The lowest BCUT2D eigenvalue weighted by atomic mass is 10.2. The first-order valence-electron chi connectivity index (χ1n) is 8.79. The third kappa shape index (κ3) is 4.61. The van der Waals surface area contributed by atoms with Crippen molar-refractivity contribution < 1.29 is 19.4 Å². The highest BCUT2D eigenvalue weighted by Crippen LogP contribution is 2.33. The SMILES string of the molecule is Cc1cc(Cl)ccc1Oc1cc(NC(=O)c2nn(C)c(C)c2[N+](=O)[O-])cc([N+](=O)[O-])c1. The van der Waals surface area contributed by atoms with Gasteiger partial charge in [-0.25, -0.2) is 0 Å². The normalized spacial score (nSPS) is 10.6. The molecule has 1 aromatic heterocycles. The van der Waals surface area contributed by atoms with Crippen molar-refractivity contribution in [1.82, 2.24) is 9.78 Å². The van der Waals surface area contributed by atoms with Crippen LogP contribution >= 0.6 is 11.6 Å². The Balaban J connectivity index is 1.96. The van der Waals surface area contributed by atoms with Crippen LogP contribution in [0.1, 0.15) is 21.7 Å². The van der Waals surface area contributed by atoms with Crippen LogP contribution in [-0.4, -0.2) is 25.5 Å². The number of nitrogens with one attached hydrogen (secondary N) is 1. The molecule has 0 aliphatic rings. The van der Waals surface area contributed by atoms with E-state index in [9.17, 15) is 25.0 Å². The predicted octanol–water partition coefficient (Wildman–Crippen LogP) is 4.55. The van der Waals surface area contributed by atoms with Crippen LogP contribution in [0, 0.1) is 34.1 Å². The molecule has 0 aliphatic carbocycles. The first-order valence-corrected chi connectivity index (χ1v) is 9.17. The summed E-state index contributed by atoms with van der Waals surface area (Å²) in [5, 5.41) is 29.5. The smallest absolute Gasteiger partial charge is 0.322 e. The van der Waals surface area contributed by atoms with Crippen LogP contribution in [0.3, 0.4) is 0 Å². The van der Waals surface area contributed by atoms with Gasteiger partial charge in [0.05, 0.1) is 21.6 Å². The first-order chi connectivity index (χ1) is 14.6. The third-order valence-corrected chi connectivity index (χ3v) is 4.66. The zero-order chi connectivity index (χ0) is 22.9. The van der Waals surface area contributed by atoms with Gasteiger partial charge in [-0.3, -0.25) is 29.7 Å². The van der Waals surface area contributed by atoms with Gasteiger partial charge in [-0.1, -0.05) is 11.6 Å². The second-order valence-corrected chi connectivity index (χ2v) is 7.04. The van der Waals surface area contributed by atoms with Gasteiger partial charge >= 0.3 is 5.69 Å². The van der Waals surface area contributed by atoms with Gasteiger partial charge < -0.3 is 10.1 Å². The number of amides is 1. The summed E-state index contributed by atoms with van der Waals surface area (Å²) in [6.07, 6.45) is 0. The Morgan fingerprint density at radius 2 is 1.84 bits per heavy atom. The molecule has 0 aliphatic heterocycles. The van der Waals surface area contributed by atoms with E-state index < -0.39 is 27.1 Å². The number of carbonyl (C=O) groups excluding carboxylic acids is 1. The number of aryl methyl sites for hydroxylation is 2. The Bertz CT molecular complexity index is 1220. The molecule has 0 atom stereocenters. The van der Waals surface area contributed by atoms with Crippen LogP contribution in [0.25, 0.3) is 0 Å². The highest BCUT2D eigenvalue weighted by molar-refractivity contribution is 6.30. The fourth-order valence-corrected chi connectivity index (χ4v) is 3.06. The van der Waals surface area contributed by atoms with Crippen molar-refractivity contribution in [3.63, 3.8) is 0 Å². The summed E-state index contributed by atoms with van der Waals surface area (Å²) in [6, 6.07) is 8.54. The van der Waals surface area contributed by atoms with E-state index in [4.69, 9.17) is 16.3 Å². The summed E-state index contributed by atoms with van der Waals surface area (Å²) in [5.41, 5.74) is -0.295. The molecule has 0 fully saturated rings. The molecule has 2 aromatic carbocycles. The molecule has 3 aromatic rings. The van der Waals surface area contributed by atoms with E-state index in [0.717, 1.165) is 6.07 Å². The summed E-state index contributed by atoms with van der Waals surface area (Å²) < 4.78 is 6.93. The highest BCUT2D eigenvalue weighted by Gasteiger charge is 2.29. The van der Waals surface area contributed by atoms with Gasteiger partial charge in [-0.15, -0.1) is 0 Å². The number of ether oxygens (including phenoxy) is 1. The first kappa shape index (κ1) is 21.7. The molecule has 12 heteroatoms. The van der Waals surface area contributed by atoms with Crippen molar-refractivity contribution in [3.8, 4) is 11.5 Å². The predicted molar refractivity (Wildman–Crippen MR) is 112 cm³/mol. The van der Waals surface area contributed by atoms with E-state index in [1.54, 1.807) is 25.1 Å². The largest absolute Gasteiger partial charge is 0.457 e. The van der Waals surface area contributed by atoms with Crippen molar-refractivity contribution in [2.45, 2.75) is 13.8 Å². The van der Waals surface area contributed by atoms with Crippen LogP contribution in [-0.2, 0) is 7.05 Å². The molecule has 0 unspecified atom stereocenters. The molecular weight excluding hydrogens is 430 g/mol. The zero-order valence-electron chi connectivity index (χ0n) is 16.6. The molecule has 0 saturated carbocycles. The number of halogens is 1. The van der Waals surface area contributed by atoms with E-state index in [-0.39, 0.29) is 22.8 Å². The van der Waals surface area contributed by atoms with Gasteiger partial charge in [-0.2, -0.15) is 5.10 Å². The minimum absolute atomic E-state index is 0.0124. The van der Waals surface area contributed by atoms with Crippen LogP contribution in [0.4, 0.5) is 17.1 Å². The lowest BCUT2D eigenvalue weighted by molar-refractivity contribution is -0.385. The van der Waals surface area contributed by atoms with Gasteiger partial charge in [0.15, 0.2) is 0 Å². The Kier molecular flexibility index (Phi) is 5.88. The molecule has 1 N–H and O–H groups in total. The molecule has 160 valence electrons. The monoisotopic (exact) mass is 445 g/mol. The molecule has 3 rings (SSSR count). The second-order valence-electron chi connectivity index (χ2n) is 6.60. The molecule has 0 spiro atoms. The average molecular weight is 446 g/mol. The Morgan fingerprint density at radius 3 is 2.45 bits per heavy atom. The number of anilines is 1. The summed E-state index contributed by atoms with van der Waals surface area (Å²) in [7, 11) is 1.47. The molecule has 1 heterocycles. The van der Waals surface area contributed by atoms with Crippen molar-refractivity contribution in [1.29, 1.82) is 0 Å². The van der Waals surface area contributed by atoms with Gasteiger partial charge in [0, 0.05) is 24.2 Å². The van der Waals surface area contributed by atoms with Crippen LogP contribution in [0.2, 0.25) is 5.02 Å². The number of benzene rings is 2. The van der Waals surface area contributed by atoms with Crippen LogP contribution in [0.15, 0.2) is 36.4 Å². The second kappa shape index (κ2) is 8.40. The lowest BCUT2D eigenvalue weighted by Crippen LogP contribution is -2.14. The maximum atomic E-state index is 12.6. The molecular formula is C19H16ClN5O6. The topological polar surface area (TPSA) is 142 Å². The number of nitro groups is 2. The fraction of sp³-hybridized carbons (Fsp3) is 0.158. The van der Waals surface area contributed by atoms with E-state index in [0.29, 0.717) is 16.3 Å². The van der Waals surface area contributed by atoms with E-state index in [1.807, 2.05) is 0 Å². The molecule has 11 nitrogen and oxygen atoms in total. The van der Waals surface area contributed by atoms with Crippen molar-refractivity contribution in [2.75, 3.05) is 5.32 Å². The summed E-state index contributed by atoms with van der Waals surface area (Å²) >= 11 is 5.93. The number of non-ortho nitro benzene ring substituents is 1. The lowest BCUT2D eigenvalue weighted by Gasteiger charge is -2.11. The standard InChI is InChI=1S/C19H16ClN5O6/c1-10-6-12(20)4-5-16(10)31-15-8-13(7-14(9-15)24(27)28)21-19(26)17-18(25(29)30)11(2)23(3)22-17/h4-9H,1-3H3,(H,21,26). The van der Waals surface area contributed by atoms with Crippen molar-refractivity contribution >= 4 is 34.6 Å². The number of nitro benzene ring substituents is 1. The maximum absolute atomic E-state index is 12.6. The van der Waals surface area contributed by atoms with Crippen LogP contribution < -0.4 is 10.1 Å². The molecule has 0 radical (unpaired) electrons. The zero-order valence-corrected chi connectivity index (χ0v) is 17.3. The molecule has 1 amide bonds. The molecule has 31 heavy (non-hydrogen) atoms. The van der Waals surface area contributed by atoms with E-state index in [1.165, 1.54) is 30.8 Å². The number of carbonyl (C=O) groups is 1. The van der Waals surface area contributed by atoms with Gasteiger partial charge in [0.2, 0.25) is 5.69 Å². The Labute approximate surface area is 180 Å². The maximum Gasteiger partial charge on any atom is 0.322 e. The third-order valence-electron chi connectivity index (χ3n) is 4.42. The van der Waals surface area contributed by atoms with Crippen molar-refractivity contribution in [3.05, 3.63) is 78.6 Å². The van der Waals surface area contributed by atoms with E-state index in [2.05, 4.69) is 10.4 Å². The number of aromatic nitrogens is 2. The summed E-state index contributed by atoms with van der Waals surface area (Å²) in [5.74, 6) is -0.385. The van der Waals surface area contributed by atoms with Gasteiger partial charge in [0.1, 0.15) is 17.2 Å². The summed E-state index contributed by atoms with van der Waals surface area (Å²) in [4.78, 5) is 33.9. The minimum Gasteiger partial charge on any atom is -0.457 e. The minimum atomic E-state index is -0.885. The number of hydrogen-bond acceptors (Lipinski definition) is 7. The number of rotatable bonds is 6. The van der Waals surface area contributed by atoms with Gasteiger partial charge in [0.25, 0.3) is 11.6 Å². The molecule has 0 saturated heterocycles. The Morgan fingerprint density at radius 1 is 1.13 bits per heavy atom.